The van der Waals surface area contributed by atoms with E-state index in [0.29, 0.717) is 5.75 Å². The first kappa shape index (κ1) is 13.8. The van der Waals surface area contributed by atoms with Crippen LogP contribution in [0.3, 0.4) is 0 Å². The summed E-state index contributed by atoms with van der Waals surface area (Å²) >= 11 is 1.48. The molecule has 0 saturated carbocycles. The number of halogens is 1. The highest BCUT2D eigenvalue weighted by Gasteiger charge is 2.10. The van der Waals surface area contributed by atoms with E-state index in [-0.39, 0.29) is 17.6 Å². The molecule has 0 atom stereocenters. The summed E-state index contributed by atoms with van der Waals surface area (Å²) in [6.45, 7) is 4.01. The van der Waals surface area contributed by atoms with Gasteiger partial charge in [-0.1, -0.05) is 17.8 Å². The van der Waals surface area contributed by atoms with Crippen LogP contribution >= 0.6 is 11.8 Å². The molecule has 0 fully saturated rings. The highest BCUT2D eigenvalue weighted by molar-refractivity contribution is 7.98. The van der Waals surface area contributed by atoms with Crippen molar-refractivity contribution in [2.45, 2.75) is 30.8 Å². The molecule has 0 radical (unpaired) electrons. The third-order valence-electron chi connectivity index (χ3n) is 2.54. The summed E-state index contributed by atoms with van der Waals surface area (Å²) in [5, 5.41) is 12.2. The largest absolute Gasteiger partial charge is 0.494 e. The van der Waals surface area contributed by atoms with Gasteiger partial charge in [0.05, 0.1) is 13.2 Å². The Morgan fingerprint density at radius 2 is 2.21 bits per heavy atom. The molecule has 0 saturated heterocycles. The second-order valence-corrected chi connectivity index (χ2v) is 5.20. The van der Waals surface area contributed by atoms with Crippen LogP contribution in [0.15, 0.2) is 23.4 Å². The van der Waals surface area contributed by atoms with Gasteiger partial charge in [-0.3, -0.25) is 0 Å². The van der Waals surface area contributed by atoms with Gasteiger partial charge in [-0.25, -0.2) is 9.07 Å². The van der Waals surface area contributed by atoms with Crippen molar-refractivity contribution >= 4 is 11.8 Å². The molecule has 0 aliphatic rings. The number of methoxy groups -OCH3 is 1. The van der Waals surface area contributed by atoms with E-state index in [2.05, 4.69) is 15.5 Å². The Balaban J connectivity index is 2.06. The van der Waals surface area contributed by atoms with Gasteiger partial charge in [-0.2, -0.15) is 0 Å². The zero-order valence-electron chi connectivity index (χ0n) is 11.0. The maximum atomic E-state index is 13.5. The summed E-state index contributed by atoms with van der Waals surface area (Å²) in [4.78, 5) is 0. The highest BCUT2D eigenvalue weighted by Crippen LogP contribution is 2.25. The molecule has 19 heavy (non-hydrogen) atoms. The maximum absolute atomic E-state index is 13.5. The van der Waals surface area contributed by atoms with Crippen LogP contribution in [0.25, 0.3) is 0 Å². The smallest absolute Gasteiger partial charge is 0.209 e. The minimum Gasteiger partial charge on any atom is -0.494 e. The predicted octanol–water partition coefficient (Wildman–Crippen LogP) is 2.69. The van der Waals surface area contributed by atoms with Gasteiger partial charge in [-0.15, -0.1) is 5.10 Å². The minimum atomic E-state index is -0.357. The Kier molecular flexibility index (Phi) is 4.36. The van der Waals surface area contributed by atoms with E-state index in [1.807, 2.05) is 19.9 Å². The zero-order chi connectivity index (χ0) is 13.8. The van der Waals surface area contributed by atoms with Gasteiger partial charge in [0.25, 0.3) is 0 Å². The highest BCUT2D eigenvalue weighted by atomic mass is 32.2. The van der Waals surface area contributed by atoms with E-state index < -0.39 is 0 Å². The van der Waals surface area contributed by atoms with Crippen LogP contribution in [-0.2, 0) is 5.75 Å². The monoisotopic (exact) mass is 282 g/mol. The first-order valence-corrected chi connectivity index (χ1v) is 6.83. The van der Waals surface area contributed by atoms with Crippen molar-refractivity contribution in [3.63, 3.8) is 0 Å². The summed E-state index contributed by atoms with van der Waals surface area (Å²) < 4.78 is 20.2. The Hall–Kier alpha value is -1.63. The topological polar surface area (TPSA) is 52.8 Å². The van der Waals surface area contributed by atoms with Crippen molar-refractivity contribution in [1.82, 2.24) is 20.2 Å². The number of aromatic nitrogens is 4. The van der Waals surface area contributed by atoms with Crippen LogP contribution in [0.2, 0.25) is 0 Å². The van der Waals surface area contributed by atoms with E-state index in [0.717, 1.165) is 10.7 Å². The lowest BCUT2D eigenvalue weighted by molar-refractivity contribution is 0.386. The number of nitrogens with zero attached hydrogens (tertiary/aromatic N) is 4. The van der Waals surface area contributed by atoms with Crippen LogP contribution in [0, 0.1) is 5.82 Å². The second-order valence-electron chi connectivity index (χ2n) is 4.26. The SMILES string of the molecule is COc1ccc(CSc2nnnn2C(C)C)cc1F. The Bertz CT molecular complexity index is 558. The van der Waals surface area contributed by atoms with Crippen molar-refractivity contribution < 1.29 is 9.13 Å². The van der Waals surface area contributed by atoms with Crippen LogP contribution in [0.5, 0.6) is 5.75 Å². The summed E-state index contributed by atoms with van der Waals surface area (Å²) in [5.41, 5.74) is 0.863. The molecule has 0 N–H and O–H groups in total. The molecule has 1 aromatic heterocycles. The number of rotatable bonds is 5. The Morgan fingerprint density at radius 3 is 2.84 bits per heavy atom. The van der Waals surface area contributed by atoms with E-state index in [4.69, 9.17) is 4.74 Å². The first-order valence-electron chi connectivity index (χ1n) is 5.85. The van der Waals surface area contributed by atoms with Gasteiger partial charge in [0.2, 0.25) is 5.16 Å². The quantitative estimate of drug-likeness (QED) is 0.789. The predicted molar refractivity (Wildman–Crippen MR) is 70.7 cm³/mol. The fraction of sp³-hybridized carbons (Fsp3) is 0.417. The summed E-state index contributed by atoms with van der Waals surface area (Å²) in [7, 11) is 1.45. The number of ether oxygens (including phenoxy) is 1. The van der Waals surface area contributed by atoms with Crippen molar-refractivity contribution in [3.05, 3.63) is 29.6 Å². The summed E-state index contributed by atoms with van der Waals surface area (Å²) in [6.07, 6.45) is 0. The van der Waals surface area contributed by atoms with Crippen molar-refractivity contribution in [1.29, 1.82) is 0 Å². The average Bonchev–Trinajstić information content (AvgIpc) is 2.85. The van der Waals surface area contributed by atoms with Crippen LogP contribution < -0.4 is 4.74 Å². The van der Waals surface area contributed by atoms with Gasteiger partial charge >= 0.3 is 0 Å². The summed E-state index contributed by atoms with van der Waals surface area (Å²) in [5.74, 6) is 0.499. The lowest BCUT2D eigenvalue weighted by Gasteiger charge is -2.07. The molecule has 0 amide bonds. The first-order chi connectivity index (χ1) is 9.11. The van der Waals surface area contributed by atoms with E-state index in [1.165, 1.54) is 24.9 Å². The third kappa shape index (κ3) is 3.23. The van der Waals surface area contributed by atoms with Crippen LogP contribution in [0.1, 0.15) is 25.5 Å². The molecule has 5 nitrogen and oxygen atoms in total. The molecule has 0 spiro atoms. The molecule has 2 aromatic rings. The molecule has 2 rings (SSSR count). The van der Waals surface area contributed by atoms with Gasteiger partial charge in [0.1, 0.15) is 0 Å². The average molecular weight is 282 g/mol. The van der Waals surface area contributed by atoms with Crippen molar-refractivity contribution in [3.8, 4) is 5.75 Å². The molecule has 0 aliphatic heterocycles. The molecule has 7 heteroatoms. The summed E-state index contributed by atoms with van der Waals surface area (Å²) in [6, 6.07) is 5.12. The maximum Gasteiger partial charge on any atom is 0.209 e. The van der Waals surface area contributed by atoms with E-state index >= 15 is 0 Å². The molecule has 0 aliphatic carbocycles. The number of benzene rings is 1. The number of hydrogen-bond acceptors (Lipinski definition) is 5. The standard InChI is InChI=1S/C12H15FN4OS/c1-8(2)17-12(14-15-16-17)19-7-9-4-5-11(18-3)10(13)6-9/h4-6,8H,7H2,1-3H3. The van der Waals surface area contributed by atoms with Crippen LogP contribution in [0.4, 0.5) is 4.39 Å². The second kappa shape index (κ2) is 6.01. The Morgan fingerprint density at radius 1 is 1.42 bits per heavy atom. The van der Waals surface area contributed by atoms with Crippen molar-refractivity contribution in [2.75, 3.05) is 7.11 Å². The van der Waals surface area contributed by atoms with Crippen LogP contribution in [-0.4, -0.2) is 27.3 Å². The number of tetrazole rings is 1. The Labute approximate surface area is 115 Å². The fourth-order valence-electron chi connectivity index (χ4n) is 1.55. The normalized spacial score (nSPS) is 11.0. The van der Waals surface area contributed by atoms with Gasteiger partial charge in [-0.05, 0) is 42.0 Å². The van der Waals surface area contributed by atoms with E-state index in [1.54, 1.807) is 10.7 Å². The minimum absolute atomic E-state index is 0.199. The van der Waals surface area contributed by atoms with Crippen molar-refractivity contribution in [2.24, 2.45) is 0 Å². The zero-order valence-corrected chi connectivity index (χ0v) is 11.8. The van der Waals surface area contributed by atoms with Gasteiger partial charge in [0.15, 0.2) is 11.6 Å². The molecule has 102 valence electrons. The molecule has 1 aromatic carbocycles. The lowest BCUT2D eigenvalue weighted by Crippen LogP contribution is -2.04. The molecular weight excluding hydrogens is 267 g/mol. The van der Waals surface area contributed by atoms with E-state index in [9.17, 15) is 4.39 Å². The molecule has 1 heterocycles. The third-order valence-corrected chi connectivity index (χ3v) is 3.54. The fourth-order valence-corrected chi connectivity index (χ4v) is 2.50. The van der Waals surface area contributed by atoms with Gasteiger partial charge < -0.3 is 4.74 Å². The lowest BCUT2D eigenvalue weighted by atomic mass is 10.2. The number of hydrogen-bond donors (Lipinski definition) is 0. The molecule has 0 bridgehead atoms. The molecular formula is C12H15FN4OS. The molecule has 0 unspecified atom stereocenters. The van der Waals surface area contributed by atoms with Gasteiger partial charge in [0, 0.05) is 5.75 Å². The number of thioether (sulfide) groups is 1.